The summed E-state index contributed by atoms with van der Waals surface area (Å²) in [6.07, 6.45) is -15.2. The Morgan fingerprint density at radius 2 is 1.43 bits per heavy atom. The molecule has 3 rings (SSSR count). The van der Waals surface area contributed by atoms with Gasteiger partial charge in [-0.05, 0) is 30.2 Å². The van der Waals surface area contributed by atoms with Gasteiger partial charge in [0.2, 0.25) is 5.82 Å². The molecular formula is C15H11F9N4. The Labute approximate surface area is 151 Å². The molecule has 0 amide bonds. The highest BCUT2D eigenvalue weighted by molar-refractivity contribution is 5.34. The lowest BCUT2D eigenvalue weighted by Gasteiger charge is -2.26. The van der Waals surface area contributed by atoms with Crippen molar-refractivity contribution >= 4 is 0 Å². The lowest BCUT2D eigenvalue weighted by atomic mass is 9.98. The second-order valence-electron chi connectivity index (χ2n) is 6.16. The number of nitrogens with zero attached hydrogens (tertiary/aromatic N) is 3. The van der Waals surface area contributed by atoms with Crippen LogP contribution in [0.25, 0.3) is 0 Å². The SMILES string of the molecule is FC(F)(F)c1cc(CC2NCCn3c2nnc3C(F)(F)F)cc(C(F)(F)F)c1. The molecule has 0 saturated carbocycles. The summed E-state index contributed by atoms with van der Waals surface area (Å²) in [5.74, 6) is -1.47. The molecule has 2 heterocycles. The van der Waals surface area contributed by atoms with Crippen LogP contribution in [0, 0.1) is 0 Å². The molecule has 2 aromatic rings. The van der Waals surface area contributed by atoms with E-state index < -0.39 is 47.9 Å². The van der Waals surface area contributed by atoms with Gasteiger partial charge in [-0.1, -0.05) is 0 Å². The summed E-state index contributed by atoms with van der Waals surface area (Å²) in [4.78, 5) is 0. The Morgan fingerprint density at radius 3 is 1.93 bits per heavy atom. The fraction of sp³-hybridized carbons (Fsp3) is 0.467. The Balaban J connectivity index is 1.98. The van der Waals surface area contributed by atoms with Crippen LogP contribution in [0.15, 0.2) is 18.2 Å². The third-order valence-corrected chi connectivity index (χ3v) is 4.16. The maximum Gasteiger partial charge on any atom is 0.451 e. The average Bonchev–Trinajstić information content (AvgIpc) is 2.98. The summed E-state index contributed by atoms with van der Waals surface area (Å²) in [5, 5.41) is 9.24. The Kier molecular flexibility index (Phi) is 4.84. The first-order valence-corrected chi connectivity index (χ1v) is 7.79. The van der Waals surface area contributed by atoms with Crippen molar-refractivity contribution in [3.63, 3.8) is 0 Å². The molecule has 13 heteroatoms. The second kappa shape index (κ2) is 6.64. The van der Waals surface area contributed by atoms with Crippen molar-refractivity contribution in [2.75, 3.05) is 6.54 Å². The molecule has 1 aliphatic heterocycles. The van der Waals surface area contributed by atoms with Crippen LogP contribution >= 0.6 is 0 Å². The minimum absolute atomic E-state index is 0.0118. The van der Waals surface area contributed by atoms with Crippen molar-refractivity contribution in [1.29, 1.82) is 0 Å². The Bertz CT molecular complexity index is 832. The number of hydrogen-bond acceptors (Lipinski definition) is 3. The van der Waals surface area contributed by atoms with Crippen LogP contribution in [-0.2, 0) is 31.5 Å². The van der Waals surface area contributed by atoms with Gasteiger partial charge in [-0.15, -0.1) is 10.2 Å². The molecule has 1 atom stereocenters. The van der Waals surface area contributed by atoms with Crippen LogP contribution in [0.5, 0.6) is 0 Å². The van der Waals surface area contributed by atoms with Gasteiger partial charge in [0, 0.05) is 13.1 Å². The van der Waals surface area contributed by atoms with Gasteiger partial charge < -0.3 is 9.88 Å². The fourth-order valence-corrected chi connectivity index (χ4v) is 2.98. The van der Waals surface area contributed by atoms with Gasteiger partial charge in [-0.2, -0.15) is 39.5 Å². The van der Waals surface area contributed by atoms with E-state index in [1.54, 1.807) is 0 Å². The molecule has 4 nitrogen and oxygen atoms in total. The summed E-state index contributed by atoms with van der Waals surface area (Å²) in [5.41, 5.74) is -3.33. The minimum atomic E-state index is -5.01. The molecule has 1 aromatic heterocycles. The first-order chi connectivity index (χ1) is 12.8. The van der Waals surface area contributed by atoms with Crippen LogP contribution in [-0.4, -0.2) is 21.3 Å². The first-order valence-electron chi connectivity index (χ1n) is 7.79. The summed E-state index contributed by atoms with van der Waals surface area (Å²) in [6.45, 7) is -0.117. The maximum absolute atomic E-state index is 13.0. The Morgan fingerprint density at radius 1 is 0.857 bits per heavy atom. The van der Waals surface area contributed by atoms with Crippen LogP contribution in [0.4, 0.5) is 39.5 Å². The van der Waals surface area contributed by atoms with Gasteiger partial charge in [0.1, 0.15) is 0 Å². The number of aromatic nitrogens is 3. The van der Waals surface area contributed by atoms with E-state index in [2.05, 4.69) is 15.5 Å². The topological polar surface area (TPSA) is 42.7 Å². The van der Waals surface area contributed by atoms with Gasteiger partial charge in [-0.3, -0.25) is 0 Å². The summed E-state index contributed by atoms with van der Waals surface area (Å²) in [6, 6.07) is 0.0393. The zero-order chi connectivity index (χ0) is 20.9. The zero-order valence-corrected chi connectivity index (χ0v) is 13.7. The molecule has 0 bridgehead atoms. The smallest absolute Gasteiger partial charge is 0.305 e. The first kappa shape index (κ1) is 20.4. The third kappa shape index (κ3) is 4.08. The van der Waals surface area contributed by atoms with Gasteiger partial charge >= 0.3 is 18.5 Å². The quantitative estimate of drug-likeness (QED) is 0.743. The highest BCUT2D eigenvalue weighted by Crippen LogP contribution is 2.37. The van der Waals surface area contributed by atoms with E-state index in [1.807, 2.05) is 0 Å². The second-order valence-corrected chi connectivity index (χ2v) is 6.16. The minimum Gasteiger partial charge on any atom is -0.305 e. The molecule has 1 unspecified atom stereocenters. The molecule has 1 aromatic carbocycles. The number of fused-ring (bicyclic) bond motifs is 1. The zero-order valence-electron chi connectivity index (χ0n) is 13.7. The van der Waals surface area contributed by atoms with Crippen molar-refractivity contribution in [1.82, 2.24) is 20.1 Å². The number of hydrogen-bond donors (Lipinski definition) is 1. The largest absolute Gasteiger partial charge is 0.451 e. The van der Waals surface area contributed by atoms with Crippen molar-refractivity contribution < 1.29 is 39.5 Å². The van der Waals surface area contributed by atoms with E-state index in [9.17, 15) is 39.5 Å². The lowest BCUT2D eigenvalue weighted by molar-refractivity contribution is -0.148. The molecule has 0 spiro atoms. The molecular weight excluding hydrogens is 407 g/mol. The highest BCUT2D eigenvalue weighted by atomic mass is 19.4. The van der Waals surface area contributed by atoms with Gasteiger partial charge in [0.15, 0.2) is 5.82 Å². The molecule has 0 radical (unpaired) electrons. The van der Waals surface area contributed by atoms with Crippen LogP contribution in [0.3, 0.4) is 0 Å². The van der Waals surface area contributed by atoms with Crippen molar-refractivity contribution in [2.45, 2.75) is 37.5 Å². The number of rotatable bonds is 2. The number of nitrogens with one attached hydrogen (secondary N) is 1. The molecule has 1 aliphatic rings. The lowest BCUT2D eigenvalue weighted by Crippen LogP contribution is -2.36. The van der Waals surface area contributed by atoms with Gasteiger partial charge in [-0.25, -0.2) is 0 Å². The highest BCUT2D eigenvalue weighted by Gasteiger charge is 2.41. The molecule has 0 fully saturated rings. The van der Waals surface area contributed by atoms with E-state index >= 15 is 0 Å². The standard InChI is InChI=1S/C15H11F9N4/c16-13(17,18)8-3-7(4-9(6-8)14(19,20)21)5-10-11-26-27-12(15(22,23)24)28(11)2-1-25-10/h3-4,6,10,25H,1-2,5H2. The van der Waals surface area contributed by atoms with Crippen molar-refractivity contribution in [3.8, 4) is 0 Å². The molecule has 154 valence electrons. The summed E-state index contributed by atoms with van der Waals surface area (Å²) in [7, 11) is 0. The van der Waals surface area contributed by atoms with E-state index in [1.165, 1.54) is 0 Å². The third-order valence-electron chi connectivity index (χ3n) is 4.16. The Hall–Kier alpha value is -2.31. The monoisotopic (exact) mass is 418 g/mol. The number of benzene rings is 1. The maximum atomic E-state index is 13.0. The van der Waals surface area contributed by atoms with Gasteiger partial charge in [0.05, 0.1) is 17.2 Å². The van der Waals surface area contributed by atoms with E-state index in [0.29, 0.717) is 12.1 Å². The van der Waals surface area contributed by atoms with Crippen molar-refractivity contribution in [2.24, 2.45) is 0 Å². The van der Waals surface area contributed by atoms with Crippen molar-refractivity contribution in [3.05, 3.63) is 46.5 Å². The number of alkyl halides is 9. The molecule has 0 aliphatic carbocycles. The van der Waals surface area contributed by atoms with E-state index in [-0.39, 0.29) is 30.5 Å². The van der Waals surface area contributed by atoms with Crippen LogP contribution < -0.4 is 5.32 Å². The van der Waals surface area contributed by atoms with E-state index in [4.69, 9.17) is 0 Å². The number of halogens is 9. The van der Waals surface area contributed by atoms with Crippen LogP contribution in [0.2, 0.25) is 0 Å². The molecule has 0 saturated heterocycles. The average molecular weight is 418 g/mol. The predicted molar refractivity (Wildman–Crippen MR) is 75.9 cm³/mol. The fourth-order valence-electron chi connectivity index (χ4n) is 2.98. The van der Waals surface area contributed by atoms with Crippen LogP contribution in [0.1, 0.15) is 34.4 Å². The summed E-state index contributed by atoms with van der Waals surface area (Å²) < 4.78 is 117. The predicted octanol–water partition coefficient (Wildman–Crippen LogP) is 4.22. The molecule has 28 heavy (non-hydrogen) atoms. The molecule has 1 N–H and O–H groups in total. The van der Waals surface area contributed by atoms with E-state index in [0.717, 1.165) is 4.57 Å². The summed E-state index contributed by atoms with van der Waals surface area (Å²) >= 11 is 0. The van der Waals surface area contributed by atoms with Gasteiger partial charge in [0.25, 0.3) is 0 Å². The normalized spacial score (nSPS) is 18.2.